The fraction of sp³-hybridized carbons (Fsp3) is 0.385. The normalized spacial score (nSPS) is 20.7. The maximum absolute atomic E-state index is 13.5. The summed E-state index contributed by atoms with van der Waals surface area (Å²) in [6.45, 7) is 2.60. The number of benzene rings is 1. The minimum Gasteiger partial charge on any atom is -0.456 e. The van der Waals surface area contributed by atoms with Crippen LogP contribution in [0.3, 0.4) is 0 Å². The summed E-state index contributed by atoms with van der Waals surface area (Å²) in [6, 6.07) is 5.15. The first-order valence-corrected chi connectivity index (χ1v) is 14.5. The zero-order valence-corrected chi connectivity index (χ0v) is 23.7. The van der Waals surface area contributed by atoms with Crippen molar-refractivity contribution >= 4 is 57.0 Å². The van der Waals surface area contributed by atoms with Gasteiger partial charge in [-0.05, 0) is 24.6 Å². The molecule has 0 bridgehead atoms. The van der Waals surface area contributed by atoms with Crippen molar-refractivity contribution in [2.24, 2.45) is 17.6 Å². The van der Waals surface area contributed by atoms with Gasteiger partial charge in [-0.2, -0.15) is 4.40 Å². The van der Waals surface area contributed by atoms with Crippen LogP contribution in [0.5, 0.6) is 0 Å². The highest BCUT2D eigenvalue weighted by Gasteiger charge is 2.60. The number of β-lactam (4-membered cyclic amide) rings is 1. The largest absolute Gasteiger partial charge is 0.456 e. The van der Waals surface area contributed by atoms with E-state index in [1.165, 1.54) is 52.3 Å². The summed E-state index contributed by atoms with van der Waals surface area (Å²) in [5, 5.41) is 21.9. The summed E-state index contributed by atoms with van der Waals surface area (Å²) >= 11 is 2.56. The number of nitro benzene ring substituents is 1. The number of amides is 2. The number of aliphatic hydroxyl groups is 1. The third-order valence-corrected chi connectivity index (χ3v) is 9.53. The molecule has 12 nitrogen and oxygen atoms in total. The molecular weight excluding hydrogens is 577 g/mol. The first kappa shape index (κ1) is 28.7. The average molecular weight is 605 g/mol. The number of fused-ring (bicyclic) bond motifs is 2. The van der Waals surface area contributed by atoms with Gasteiger partial charge >= 0.3 is 5.97 Å². The van der Waals surface area contributed by atoms with Gasteiger partial charge in [0, 0.05) is 29.4 Å². The molecule has 3 N–H and O–H groups in total. The van der Waals surface area contributed by atoms with Crippen molar-refractivity contribution in [3.63, 3.8) is 0 Å². The molecule has 5 rings (SSSR count). The molecular formula is C26H27FN5O7S2+. The van der Waals surface area contributed by atoms with Gasteiger partial charge in [-0.15, -0.1) is 0 Å². The molecule has 216 valence electrons. The van der Waals surface area contributed by atoms with Crippen molar-refractivity contribution in [2.45, 2.75) is 44.2 Å². The van der Waals surface area contributed by atoms with Crippen LogP contribution in [0.4, 0.5) is 10.1 Å². The lowest BCUT2D eigenvalue weighted by molar-refractivity contribution is -0.717. The van der Waals surface area contributed by atoms with Crippen LogP contribution in [0.15, 0.2) is 47.5 Å². The number of carbonyl (C=O) groups is 3. The van der Waals surface area contributed by atoms with Gasteiger partial charge < -0.3 is 20.5 Å². The second-order valence-electron chi connectivity index (χ2n) is 9.88. The number of non-ortho nitro benzene ring substituents is 1. The Morgan fingerprint density at radius 2 is 2.05 bits per heavy atom. The number of nitro groups is 1. The summed E-state index contributed by atoms with van der Waals surface area (Å²) in [4.78, 5) is 51.4. The van der Waals surface area contributed by atoms with Crippen LogP contribution in [-0.4, -0.2) is 61.7 Å². The van der Waals surface area contributed by atoms with Gasteiger partial charge in [-0.25, -0.2) is 9.36 Å². The van der Waals surface area contributed by atoms with Crippen molar-refractivity contribution in [3.05, 3.63) is 63.0 Å². The Labute approximate surface area is 241 Å². The van der Waals surface area contributed by atoms with E-state index < -0.39 is 41.5 Å². The van der Waals surface area contributed by atoms with E-state index >= 15 is 0 Å². The second-order valence-corrected chi connectivity index (χ2v) is 12.0. The molecule has 15 heteroatoms. The Morgan fingerprint density at radius 3 is 2.66 bits per heavy atom. The second kappa shape index (κ2) is 11.2. The number of imidazole rings is 1. The minimum absolute atomic E-state index is 0.0822. The number of thioether (sulfide) groups is 1. The third kappa shape index (κ3) is 5.08. The van der Waals surface area contributed by atoms with Crippen LogP contribution in [0.2, 0.25) is 0 Å². The lowest BCUT2D eigenvalue weighted by Gasteiger charge is -2.46. The van der Waals surface area contributed by atoms with E-state index in [0.29, 0.717) is 25.9 Å². The van der Waals surface area contributed by atoms with E-state index in [1.807, 2.05) is 6.92 Å². The average Bonchev–Trinajstić information content (AvgIpc) is 3.53. The Bertz CT molecular complexity index is 1580. The maximum Gasteiger partial charge on any atom is 0.355 e. The van der Waals surface area contributed by atoms with Gasteiger partial charge in [-0.1, -0.05) is 30.0 Å². The number of aromatic nitrogens is 2. The Hall–Kier alpha value is -3.82. The fourth-order valence-corrected chi connectivity index (χ4v) is 7.69. The number of halogens is 1. The lowest BCUT2D eigenvalue weighted by atomic mass is 9.77. The quantitative estimate of drug-likeness (QED) is 0.0840. The number of rotatable bonds is 11. The standard InChI is InChI=1S/C26H26FN5O7S2/c1-13-19(17-9-29-12-30(10-18(28)34)24(25(29)41-17)40-8-7-27)22(31-21(13)20(14(2)33)23(31)35)26(36)39-11-15-3-5-16(6-4-15)32(37)38/h3-6,9,12-14,20-21,33H,7-8,10-11H2,1-2H3,(H-,28,34)/p+1/t13-,14+,20+,21+/m0/s1. The molecule has 4 atom stereocenters. The van der Waals surface area contributed by atoms with Crippen molar-refractivity contribution in [2.75, 3.05) is 12.4 Å². The zero-order valence-electron chi connectivity index (χ0n) is 22.1. The molecule has 2 amide bonds. The Morgan fingerprint density at radius 1 is 1.34 bits per heavy atom. The molecule has 0 aliphatic carbocycles. The lowest BCUT2D eigenvalue weighted by Crippen LogP contribution is -2.63. The van der Waals surface area contributed by atoms with E-state index in [-0.39, 0.29) is 42.1 Å². The first-order valence-electron chi connectivity index (χ1n) is 12.7. The number of esters is 1. The number of aliphatic hydroxyl groups excluding tert-OH is 1. The first-order chi connectivity index (χ1) is 19.5. The molecule has 0 spiro atoms. The predicted molar refractivity (Wildman–Crippen MR) is 146 cm³/mol. The van der Waals surface area contributed by atoms with Crippen molar-refractivity contribution < 1.29 is 38.1 Å². The summed E-state index contributed by atoms with van der Waals surface area (Å²) in [6.07, 6.45) is 2.53. The molecule has 3 aromatic rings. The van der Waals surface area contributed by atoms with Gasteiger partial charge in [0.25, 0.3) is 17.9 Å². The zero-order chi connectivity index (χ0) is 29.6. The number of carbonyl (C=O) groups excluding carboxylic acids is 3. The summed E-state index contributed by atoms with van der Waals surface area (Å²) in [5.74, 6) is -2.50. The molecule has 0 radical (unpaired) electrons. The number of hydrogen-bond acceptors (Lipinski definition) is 9. The number of ether oxygens (including phenoxy) is 1. The fourth-order valence-electron chi connectivity index (χ4n) is 5.43. The van der Waals surface area contributed by atoms with Gasteiger partial charge in [0.15, 0.2) is 6.54 Å². The van der Waals surface area contributed by atoms with Gasteiger partial charge in [0.1, 0.15) is 18.5 Å². The summed E-state index contributed by atoms with van der Waals surface area (Å²) < 4.78 is 22.0. The Kier molecular flexibility index (Phi) is 7.85. The molecule has 0 unspecified atom stereocenters. The number of hydrogen-bond donors (Lipinski definition) is 2. The molecule has 2 aliphatic heterocycles. The van der Waals surface area contributed by atoms with Crippen LogP contribution in [-0.2, 0) is 32.3 Å². The molecule has 1 saturated heterocycles. The van der Waals surface area contributed by atoms with Crippen molar-refractivity contribution in [1.29, 1.82) is 0 Å². The monoisotopic (exact) mass is 604 g/mol. The third-order valence-electron chi connectivity index (χ3n) is 7.20. The number of alkyl halides is 1. The molecule has 0 saturated carbocycles. The van der Waals surface area contributed by atoms with Crippen LogP contribution in [0, 0.1) is 22.0 Å². The van der Waals surface area contributed by atoms with E-state index in [9.17, 15) is 34.0 Å². The highest BCUT2D eigenvalue weighted by atomic mass is 32.2. The van der Waals surface area contributed by atoms with E-state index in [2.05, 4.69) is 0 Å². The van der Waals surface area contributed by atoms with Crippen molar-refractivity contribution in [3.8, 4) is 0 Å². The number of thiazole rings is 1. The summed E-state index contributed by atoms with van der Waals surface area (Å²) in [7, 11) is 0. The SMILES string of the molecule is C[C@@H](O)[C@H]1C(=O)N2C(C(=O)OCc3ccc([N+](=O)[O-])cc3)=C(c3cn4c[n+](CC(N)=O)c(SCCF)c4s3)[C@H](C)[C@H]12. The van der Waals surface area contributed by atoms with E-state index in [0.717, 1.165) is 0 Å². The van der Waals surface area contributed by atoms with E-state index in [1.54, 1.807) is 28.4 Å². The van der Waals surface area contributed by atoms with Crippen LogP contribution in [0.1, 0.15) is 24.3 Å². The summed E-state index contributed by atoms with van der Waals surface area (Å²) in [5.41, 5.74) is 6.50. The molecule has 41 heavy (non-hydrogen) atoms. The maximum atomic E-state index is 13.5. The van der Waals surface area contributed by atoms with E-state index in [4.69, 9.17) is 10.5 Å². The molecule has 2 aromatic heterocycles. The van der Waals surface area contributed by atoms with Crippen LogP contribution in [0.25, 0.3) is 10.4 Å². The molecule has 4 heterocycles. The molecule has 1 fully saturated rings. The number of nitrogens with zero attached hydrogens (tertiary/aromatic N) is 4. The smallest absolute Gasteiger partial charge is 0.355 e. The van der Waals surface area contributed by atoms with Crippen LogP contribution < -0.4 is 10.3 Å². The predicted octanol–water partition coefficient (Wildman–Crippen LogP) is 2.06. The highest BCUT2D eigenvalue weighted by molar-refractivity contribution is 7.99. The number of nitrogens with two attached hydrogens (primary N) is 1. The topological polar surface area (TPSA) is 161 Å². The minimum atomic E-state index is -0.918. The molecule has 2 aliphatic rings. The highest BCUT2D eigenvalue weighted by Crippen LogP contribution is 2.52. The van der Waals surface area contributed by atoms with Crippen molar-refractivity contribution in [1.82, 2.24) is 9.30 Å². The van der Waals surface area contributed by atoms with Crippen LogP contribution >= 0.6 is 23.1 Å². The van der Waals surface area contributed by atoms with Gasteiger partial charge in [0.2, 0.25) is 15.8 Å². The van der Waals surface area contributed by atoms with Gasteiger partial charge in [0.05, 0.1) is 34.5 Å². The Balaban J connectivity index is 1.52. The number of primary amides is 1. The molecule has 1 aromatic carbocycles. The van der Waals surface area contributed by atoms with Gasteiger partial charge in [-0.3, -0.25) is 24.1 Å².